The number of hydrogen-bond donors (Lipinski definition) is 0. The summed E-state index contributed by atoms with van der Waals surface area (Å²) in [6, 6.07) is 3.62. The van der Waals surface area contributed by atoms with Crippen LogP contribution in [0.25, 0.3) is 0 Å². The van der Waals surface area contributed by atoms with Crippen molar-refractivity contribution >= 4 is 17.5 Å². The highest BCUT2D eigenvalue weighted by atomic mass is 16.6. The van der Waals surface area contributed by atoms with Crippen LogP contribution in [0.2, 0.25) is 0 Å². The van der Waals surface area contributed by atoms with Gasteiger partial charge in [-0.25, -0.2) is 4.79 Å². The van der Waals surface area contributed by atoms with E-state index in [4.69, 9.17) is 9.47 Å². The lowest BCUT2D eigenvalue weighted by atomic mass is 9.78. The van der Waals surface area contributed by atoms with Crippen LogP contribution in [0.1, 0.15) is 70.8 Å². The molecular formula is C25H37N3O5. The van der Waals surface area contributed by atoms with Crippen molar-refractivity contribution in [3.63, 3.8) is 0 Å². The van der Waals surface area contributed by atoms with Gasteiger partial charge in [0.2, 0.25) is 0 Å². The van der Waals surface area contributed by atoms with E-state index < -0.39 is 5.60 Å². The van der Waals surface area contributed by atoms with Crippen LogP contribution < -0.4 is 9.64 Å². The Kier molecular flexibility index (Phi) is 6.73. The van der Waals surface area contributed by atoms with Gasteiger partial charge in [-0.1, -0.05) is 0 Å². The first-order chi connectivity index (χ1) is 15.7. The molecule has 2 aliphatic heterocycles. The second-order valence-corrected chi connectivity index (χ2v) is 10.7. The number of amides is 1. The molecule has 0 spiro atoms. The summed E-state index contributed by atoms with van der Waals surface area (Å²) >= 11 is 0. The van der Waals surface area contributed by atoms with Crippen molar-refractivity contribution in [1.82, 2.24) is 4.90 Å². The number of ether oxygens (including phenoxy) is 2. The zero-order valence-electron chi connectivity index (χ0n) is 20.3. The van der Waals surface area contributed by atoms with Crippen LogP contribution in [0, 0.1) is 22.0 Å². The van der Waals surface area contributed by atoms with Gasteiger partial charge in [0.25, 0.3) is 0 Å². The first kappa shape index (κ1) is 23.6. The van der Waals surface area contributed by atoms with Gasteiger partial charge in [-0.05, 0) is 82.6 Å². The predicted molar refractivity (Wildman–Crippen MR) is 127 cm³/mol. The number of rotatable bonds is 5. The highest BCUT2D eigenvalue weighted by molar-refractivity contribution is 5.68. The number of anilines is 1. The van der Waals surface area contributed by atoms with Gasteiger partial charge in [0.05, 0.1) is 12.0 Å². The van der Waals surface area contributed by atoms with Crippen molar-refractivity contribution in [2.45, 2.75) is 70.8 Å². The summed E-state index contributed by atoms with van der Waals surface area (Å²) in [7, 11) is 1.50. The number of nitro benzene ring substituents is 1. The van der Waals surface area contributed by atoms with Gasteiger partial charge < -0.3 is 19.3 Å². The standard InChI is InChI=1S/C25H37N3O5/c1-25(2,3)33-24(29)27-13-9-18(10-14-27)17-7-11-26(12-8-17)21-16-23(32-4)22(28(30)31)15-20(21)19-5-6-19/h15-19H,5-14H2,1-4H3. The smallest absolute Gasteiger partial charge is 0.410 e. The first-order valence-corrected chi connectivity index (χ1v) is 12.3. The van der Waals surface area contributed by atoms with Crippen molar-refractivity contribution < 1.29 is 19.2 Å². The van der Waals surface area contributed by atoms with Gasteiger partial charge in [0.15, 0.2) is 5.75 Å². The van der Waals surface area contributed by atoms with E-state index in [1.807, 2.05) is 31.7 Å². The SMILES string of the molecule is COc1cc(N2CCC(C3CCN(C(=O)OC(C)(C)C)CC3)CC2)c(C2CC2)cc1[N+](=O)[O-]. The molecule has 33 heavy (non-hydrogen) atoms. The van der Waals surface area contributed by atoms with Crippen LogP contribution >= 0.6 is 0 Å². The van der Waals surface area contributed by atoms with Gasteiger partial charge >= 0.3 is 11.8 Å². The van der Waals surface area contributed by atoms with E-state index in [0.717, 1.165) is 76.0 Å². The largest absolute Gasteiger partial charge is 0.490 e. The molecule has 1 aromatic carbocycles. The Balaban J connectivity index is 1.36. The lowest BCUT2D eigenvalue weighted by Gasteiger charge is -2.41. The van der Waals surface area contributed by atoms with Gasteiger partial charge in [0, 0.05) is 44.0 Å². The van der Waals surface area contributed by atoms with Crippen molar-refractivity contribution in [1.29, 1.82) is 0 Å². The Labute approximate surface area is 196 Å². The molecule has 0 aromatic heterocycles. The summed E-state index contributed by atoms with van der Waals surface area (Å²) in [6.45, 7) is 9.16. The quantitative estimate of drug-likeness (QED) is 0.436. The maximum atomic E-state index is 12.4. The maximum absolute atomic E-state index is 12.4. The Morgan fingerprint density at radius 1 is 1.00 bits per heavy atom. The maximum Gasteiger partial charge on any atom is 0.410 e. The van der Waals surface area contributed by atoms with Crippen LogP contribution in [0.15, 0.2) is 12.1 Å². The number of piperidine rings is 2. The molecule has 1 aliphatic carbocycles. The summed E-state index contributed by atoms with van der Waals surface area (Å²) in [5.41, 5.74) is 1.82. The van der Waals surface area contributed by atoms with Crippen LogP contribution in [-0.4, -0.2) is 54.8 Å². The first-order valence-electron chi connectivity index (χ1n) is 12.3. The molecule has 0 radical (unpaired) electrons. The summed E-state index contributed by atoms with van der Waals surface area (Å²) in [5.74, 6) is 2.07. The Morgan fingerprint density at radius 2 is 1.58 bits per heavy atom. The molecule has 182 valence electrons. The van der Waals surface area contributed by atoms with Crippen molar-refractivity contribution in [3.8, 4) is 5.75 Å². The zero-order chi connectivity index (χ0) is 23.8. The fourth-order valence-electron chi connectivity index (χ4n) is 5.37. The Bertz CT molecular complexity index is 877. The molecule has 0 N–H and O–H groups in total. The molecule has 3 fully saturated rings. The van der Waals surface area contributed by atoms with E-state index in [2.05, 4.69) is 4.90 Å². The minimum absolute atomic E-state index is 0.0646. The Hall–Kier alpha value is -2.51. The van der Waals surface area contributed by atoms with Crippen LogP contribution in [0.3, 0.4) is 0 Å². The summed E-state index contributed by atoms with van der Waals surface area (Å²) < 4.78 is 10.9. The Morgan fingerprint density at radius 3 is 2.06 bits per heavy atom. The lowest BCUT2D eigenvalue weighted by Crippen LogP contribution is -2.44. The molecule has 2 saturated heterocycles. The topological polar surface area (TPSA) is 85.2 Å². The summed E-state index contributed by atoms with van der Waals surface area (Å²) in [4.78, 5) is 27.7. The summed E-state index contributed by atoms with van der Waals surface area (Å²) in [5, 5.41) is 11.5. The second kappa shape index (κ2) is 9.39. The third-order valence-electron chi connectivity index (χ3n) is 7.28. The molecule has 1 amide bonds. The van der Waals surface area contributed by atoms with Gasteiger partial charge in [-0.3, -0.25) is 10.1 Å². The predicted octanol–water partition coefficient (Wildman–Crippen LogP) is 5.34. The average Bonchev–Trinajstić information content (AvgIpc) is 3.62. The molecule has 2 heterocycles. The van der Waals surface area contributed by atoms with Crippen molar-refractivity contribution in [2.75, 3.05) is 38.2 Å². The summed E-state index contributed by atoms with van der Waals surface area (Å²) in [6.07, 6.45) is 6.29. The van der Waals surface area contributed by atoms with Crippen molar-refractivity contribution in [2.24, 2.45) is 11.8 Å². The fraction of sp³-hybridized carbons (Fsp3) is 0.720. The van der Waals surface area contributed by atoms with Crippen LogP contribution in [-0.2, 0) is 4.74 Å². The van der Waals surface area contributed by atoms with Gasteiger partial charge in [-0.2, -0.15) is 0 Å². The number of carbonyl (C=O) groups excluding carboxylic acids is 1. The molecule has 1 saturated carbocycles. The third-order valence-corrected chi connectivity index (χ3v) is 7.28. The molecular weight excluding hydrogens is 422 g/mol. The zero-order valence-corrected chi connectivity index (χ0v) is 20.3. The van der Waals surface area contributed by atoms with Crippen LogP contribution in [0.4, 0.5) is 16.2 Å². The van der Waals surface area contributed by atoms with E-state index in [1.165, 1.54) is 7.11 Å². The fourth-order valence-corrected chi connectivity index (χ4v) is 5.37. The van der Waals surface area contributed by atoms with E-state index in [1.54, 1.807) is 6.07 Å². The van der Waals surface area contributed by atoms with E-state index in [0.29, 0.717) is 23.5 Å². The highest BCUT2D eigenvalue weighted by Crippen LogP contribution is 2.48. The number of hydrogen-bond acceptors (Lipinski definition) is 6. The minimum Gasteiger partial charge on any atom is -0.490 e. The van der Waals surface area contributed by atoms with Gasteiger partial charge in [0.1, 0.15) is 5.60 Å². The molecule has 3 aliphatic rings. The van der Waals surface area contributed by atoms with E-state index in [9.17, 15) is 14.9 Å². The van der Waals surface area contributed by atoms with Gasteiger partial charge in [-0.15, -0.1) is 0 Å². The number of likely N-dealkylation sites (tertiary alicyclic amines) is 1. The number of methoxy groups -OCH3 is 1. The molecule has 8 heteroatoms. The minimum atomic E-state index is -0.458. The lowest BCUT2D eigenvalue weighted by molar-refractivity contribution is -0.385. The average molecular weight is 460 g/mol. The van der Waals surface area contributed by atoms with E-state index in [-0.39, 0.29) is 16.7 Å². The number of nitro groups is 1. The molecule has 8 nitrogen and oxygen atoms in total. The monoisotopic (exact) mass is 459 g/mol. The molecule has 1 aromatic rings. The van der Waals surface area contributed by atoms with E-state index >= 15 is 0 Å². The normalized spacial score (nSPS) is 20.6. The molecule has 0 bridgehead atoms. The molecule has 0 atom stereocenters. The second-order valence-electron chi connectivity index (χ2n) is 10.7. The third kappa shape index (κ3) is 5.53. The highest BCUT2D eigenvalue weighted by Gasteiger charge is 2.35. The number of carbonyl (C=O) groups is 1. The van der Waals surface area contributed by atoms with Crippen LogP contribution in [0.5, 0.6) is 5.75 Å². The number of benzene rings is 1. The molecule has 0 unspecified atom stereocenters. The number of nitrogens with zero attached hydrogens (tertiary/aromatic N) is 3. The van der Waals surface area contributed by atoms with Crippen molar-refractivity contribution in [3.05, 3.63) is 27.8 Å². The molecule has 4 rings (SSSR count).